The van der Waals surface area contributed by atoms with Crippen LogP contribution >= 0.6 is 0 Å². The van der Waals surface area contributed by atoms with E-state index in [0.717, 1.165) is 17.7 Å². The van der Waals surface area contributed by atoms with Crippen LogP contribution < -0.4 is 10.1 Å². The van der Waals surface area contributed by atoms with Crippen molar-refractivity contribution in [1.82, 2.24) is 4.90 Å². The lowest BCUT2D eigenvalue weighted by Crippen LogP contribution is -2.48. The molecule has 0 unspecified atom stereocenters. The van der Waals surface area contributed by atoms with Crippen LogP contribution in [-0.4, -0.2) is 47.1 Å². The van der Waals surface area contributed by atoms with Gasteiger partial charge in [-0.25, -0.2) is 4.79 Å². The second-order valence-corrected chi connectivity index (χ2v) is 6.94. The second-order valence-electron chi connectivity index (χ2n) is 6.94. The molecule has 0 aliphatic carbocycles. The number of alkyl halides is 3. The molecule has 0 radical (unpaired) electrons. The fourth-order valence-corrected chi connectivity index (χ4v) is 3.39. The lowest BCUT2D eigenvalue weighted by Gasteiger charge is -2.28. The number of carbonyl (C=O) groups is 2. The molecule has 3 rings (SSSR count). The Hall–Kier alpha value is -3.27. The number of ether oxygens (including phenoxy) is 2. The third-order valence-electron chi connectivity index (χ3n) is 4.77. The number of aliphatic hydroxyl groups is 1. The highest BCUT2D eigenvalue weighted by molar-refractivity contribution is 5.97. The lowest BCUT2D eigenvalue weighted by molar-refractivity contribution is -0.274. The van der Waals surface area contributed by atoms with Crippen LogP contribution in [0, 0.1) is 0 Å². The number of rotatable bonds is 6. The van der Waals surface area contributed by atoms with E-state index in [1.165, 1.54) is 17.0 Å². The minimum Gasteiger partial charge on any atom is -0.445 e. The first-order valence-electron chi connectivity index (χ1n) is 9.53. The molecule has 0 spiro atoms. The summed E-state index contributed by atoms with van der Waals surface area (Å²) in [5, 5.41) is 12.1. The van der Waals surface area contributed by atoms with Crippen LogP contribution in [0.3, 0.4) is 0 Å². The number of anilines is 1. The smallest absolute Gasteiger partial charge is 0.445 e. The number of likely N-dealkylation sites (tertiary alicyclic amines) is 1. The molecule has 10 heteroatoms. The van der Waals surface area contributed by atoms with Gasteiger partial charge < -0.3 is 19.9 Å². The fourth-order valence-electron chi connectivity index (χ4n) is 3.39. The van der Waals surface area contributed by atoms with Crippen LogP contribution in [-0.2, 0) is 16.1 Å². The molecule has 2 amide bonds. The Bertz CT molecular complexity index is 907. The zero-order valence-corrected chi connectivity index (χ0v) is 16.3. The first-order chi connectivity index (χ1) is 14.8. The lowest BCUT2D eigenvalue weighted by atomic mass is 10.2. The van der Waals surface area contributed by atoms with E-state index < -0.39 is 36.2 Å². The second kappa shape index (κ2) is 9.69. The number of nitrogens with one attached hydrogen (secondary N) is 1. The number of carbonyl (C=O) groups excluding carboxylic acids is 2. The average molecular weight is 438 g/mol. The summed E-state index contributed by atoms with van der Waals surface area (Å²) in [6.45, 7) is -0.349. The Balaban J connectivity index is 1.67. The van der Waals surface area contributed by atoms with Crippen LogP contribution in [0.15, 0.2) is 54.6 Å². The quantitative estimate of drug-likeness (QED) is 0.718. The molecule has 1 aliphatic rings. The third kappa shape index (κ3) is 6.11. The molecule has 2 N–H and O–H groups in total. The molecule has 166 valence electrons. The zero-order chi connectivity index (χ0) is 22.4. The summed E-state index contributed by atoms with van der Waals surface area (Å²) in [6, 6.07) is 12.3. The first-order valence-corrected chi connectivity index (χ1v) is 9.53. The van der Waals surface area contributed by atoms with Gasteiger partial charge in [-0.1, -0.05) is 36.4 Å². The maximum atomic E-state index is 12.8. The molecule has 0 aromatic heterocycles. The van der Waals surface area contributed by atoms with Crippen molar-refractivity contribution < 1.29 is 37.3 Å². The summed E-state index contributed by atoms with van der Waals surface area (Å²) in [7, 11) is 0. The molecule has 7 nitrogen and oxygen atoms in total. The molecule has 1 saturated heterocycles. The summed E-state index contributed by atoms with van der Waals surface area (Å²) in [5.41, 5.74) is 0.842. The van der Waals surface area contributed by atoms with E-state index >= 15 is 0 Å². The van der Waals surface area contributed by atoms with E-state index in [2.05, 4.69) is 10.1 Å². The Morgan fingerprint density at radius 1 is 1.10 bits per heavy atom. The van der Waals surface area contributed by atoms with Gasteiger partial charge in [-0.3, -0.25) is 9.69 Å². The maximum Gasteiger partial charge on any atom is 0.573 e. The molecular formula is C21H21F3N2O5. The summed E-state index contributed by atoms with van der Waals surface area (Å²) in [5.74, 6) is -1.08. The number of hydrogen-bond donors (Lipinski definition) is 2. The average Bonchev–Trinajstić information content (AvgIpc) is 3.16. The monoisotopic (exact) mass is 438 g/mol. The SMILES string of the molecule is O=C(Nc1cccc(OC(F)(F)F)c1)[C@@H]1CC[C@H](CO)N1C(=O)OCc1ccccc1. The molecular weight excluding hydrogens is 417 g/mol. The van der Waals surface area contributed by atoms with Gasteiger partial charge in [-0.2, -0.15) is 0 Å². The van der Waals surface area contributed by atoms with E-state index in [1.807, 2.05) is 6.07 Å². The van der Waals surface area contributed by atoms with Crippen LogP contribution in [0.5, 0.6) is 5.75 Å². The van der Waals surface area contributed by atoms with Gasteiger partial charge in [0.2, 0.25) is 5.91 Å². The van der Waals surface area contributed by atoms with Crippen molar-refractivity contribution in [2.45, 2.75) is 37.9 Å². The van der Waals surface area contributed by atoms with E-state index in [9.17, 15) is 27.9 Å². The van der Waals surface area contributed by atoms with E-state index in [0.29, 0.717) is 6.42 Å². The third-order valence-corrected chi connectivity index (χ3v) is 4.77. The Kier molecular flexibility index (Phi) is 7.01. The topological polar surface area (TPSA) is 88.1 Å². The van der Waals surface area contributed by atoms with Crippen LogP contribution in [0.25, 0.3) is 0 Å². The zero-order valence-electron chi connectivity index (χ0n) is 16.3. The highest BCUT2D eigenvalue weighted by Crippen LogP contribution is 2.28. The summed E-state index contributed by atoms with van der Waals surface area (Å²) in [4.78, 5) is 26.6. The highest BCUT2D eigenvalue weighted by atomic mass is 19.4. The first kappa shape index (κ1) is 22.4. The minimum absolute atomic E-state index is 0.000509. The standard InChI is InChI=1S/C21H21F3N2O5/c22-21(23,24)31-17-8-4-7-15(11-17)25-19(28)18-10-9-16(12-27)26(18)20(29)30-13-14-5-2-1-3-6-14/h1-8,11,16,18,27H,9-10,12-13H2,(H,25,28)/t16-,18+/m1/s1. The molecule has 0 saturated carbocycles. The van der Waals surface area contributed by atoms with Gasteiger partial charge in [0.15, 0.2) is 0 Å². The Morgan fingerprint density at radius 2 is 1.84 bits per heavy atom. The van der Waals surface area contributed by atoms with Gasteiger partial charge in [-0.05, 0) is 30.5 Å². The van der Waals surface area contributed by atoms with Crippen LogP contribution in [0.1, 0.15) is 18.4 Å². The molecule has 1 aliphatic heterocycles. The van der Waals surface area contributed by atoms with Gasteiger partial charge in [0.1, 0.15) is 18.4 Å². The van der Waals surface area contributed by atoms with E-state index in [-0.39, 0.29) is 25.3 Å². The van der Waals surface area contributed by atoms with Gasteiger partial charge in [0.25, 0.3) is 0 Å². The highest BCUT2D eigenvalue weighted by Gasteiger charge is 2.41. The number of hydrogen-bond acceptors (Lipinski definition) is 5. The minimum atomic E-state index is -4.86. The number of halogens is 3. The normalized spacial score (nSPS) is 18.5. The van der Waals surface area contributed by atoms with Crippen LogP contribution in [0.4, 0.5) is 23.7 Å². The van der Waals surface area contributed by atoms with Crippen molar-refractivity contribution in [2.75, 3.05) is 11.9 Å². The Morgan fingerprint density at radius 3 is 2.52 bits per heavy atom. The largest absolute Gasteiger partial charge is 0.573 e. The molecule has 31 heavy (non-hydrogen) atoms. The van der Waals surface area contributed by atoms with Crippen LogP contribution in [0.2, 0.25) is 0 Å². The van der Waals surface area contributed by atoms with Crippen molar-refractivity contribution in [3.63, 3.8) is 0 Å². The molecule has 2 aromatic rings. The summed E-state index contributed by atoms with van der Waals surface area (Å²) < 4.78 is 46.4. The fraction of sp³-hybridized carbons (Fsp3) is 0.333. The molecule has 1 heterocycles. The summed E-state index contributed by atoms with van der Waals surface area (Å²) in [6.07, 6.45) is -4.96. The van der Waals surface area contributed by atoms with Gasteiger partial charge in [-0.15, -0.1) is 13.2 Å². The van der Waals surface area contributed by atoms with Gasteiger partial charge in [0, 0.05) is 11.8 Å². The molecule has 2 atom stereocenters. The van der Waals surface area contributed by atoms with Crippen molar-refractivity contribution in [3.05, 3.63) is 60.2 Å². The maximum absolute atomic E-state index is 12.8. The number of benzene rings is 2. The van der Waals surface area contributed by atoms with Crippen molar-refractivity contribution in [3.8, 4) is 5.75 Å². The molecule has 1 fully saturated rings. The van der Waals surface area contributed by atoms with Crippen molar-refractivity contribution in [1.29, 1.82) is 0 Å². The van der Waals surface area contributed by atoms with Gasteiger partial charge in [0.05, 0.1) is 12.6 Å². The number of amides is 2. The molecule has 0 bridgehead atoms. The Labute approximate surface area is 176 Å². The van der Waals surface area contributed by atoms with Gasteiger partial charge >= 0.3 is 12.5 Å². The summed E-state index contributed by atoms with van der Waals surface area (Å²) >= 11 is 0. The predicted molar refractivity (Wildman–Crippen MR) is 104 cm³/mol. The molecule has 2 aromatic carbocycles. The van der Waals surface area contributed by atoms with Crippen molar-refractivity contribution >= 4 is 17.7 Å². The van der Waals surface area contributed by atoms with E-state index in [4.69, 9.17) is 4.74 Å². The van der Waals surface area contributed by atoms with E-state index in [1.54, 1.807) is 24.3 Å². The number of aliphatic hydroxyl groups excluding tert-OH is 1. The number of nitrogens with zero attached hydrogens (tertiary/aromatic N) is 1. The predicted octanol–water partition coefficient (Wildman–Crippen LogP) is 3.69. The van der Waals surface area contributed by atoms with Crippen molar-refractivity contribution in [2.24, 2.45) is 0 Å².